The third kappa shape index (κ3) is 4.15. The van der Waals surface area contributed by atoms with Gasteiger partial charge in [0.15, 0.2) is 17.5 Å². The zero-order valence-electron chi connectivity index (χ0n) is 27.3. The Morgan fingerprint density at radius 3 is 1.67 bits per heavy atom. The van der Waals surface area contributed by atoms with E-state index in [4.69, 9.17) is 19.9 Å². The quantitative estimate of drug-likeness (QED) is 0.190. The predicted molar refractivity (Wildman–Crippen MR) is 208 cm³/mol. The van der Waals surface area contributed by atoms with Crippen LogP contribution in [0.3, 0.4) is 0 Å². The van der Waals surface area contributed by atoms with Crippen LogP contribution >= 0.6 is 0 Å². The van der Waals surface area contributed by atoms with Gasteiger partial charge in [0.1, 0.15) is 0 Å². The molecule has 0 aliphatic heterocycles. The second-order valence-corrected chi connectivity index (χ2v) is 13.1. The van der Waals surface area contributed by atoms with Gasteiger partial charge < -0.3 is 4.57 Å². The molecule has 1 aliphatic rings. The van der Waals surface area contributed by atoms with Gasteiger partial charge in [-0.1, -0.05) is 115 Å². The molecule has 51 heavy (non-hydrogen) atoms. The molecule has 0 unspecified atom stereocenters. The van der Waals surface area contributed by atoms with E-state index < -0.39 is 0 Å². The first kappa shape index (κ1) is 27.9. The molecule has 0 radical (unpaired) electrons. The molecular weight excluding hydrogens is 623 g/mol. The summed E-state index contributed by atoms with van der Waals surface area (Å²) in [4.78, 5) is 19.9. The Balaban J connectivity index is 1.17. The molecule has 0 spiro atoms. The molecule has 3 heterocycles. The summed E-state index contributed by atoms with van der Waals surface area (Å²) in [5, 5.41) is 6.13. The number of hydrogen-bond donors (Lipinski definition) is 0. The summed E-state index contributed by atoms with van der Waals surface area (Å²) < 4.78 is 2.40. The average molecular weight is 650 g/mol. The van der Waals surface area contributed by atoms with Crippen molar-refractivity contribution < 1.29 is 0 Å². The molecule has 11 rings (SSSR count). The molecule has 236 valence electrons. The van der Waals surface area contributed by atoms with E-state index in [2.05, 4.69) is 95.6 Å². The molecule has 5 nitrogen and oxygen atoms in total. The van der Waals surface area contributed by atoms with Gasteiger partial charge in [-0.05, 0) is 75.5 Å². The highest BCUT2D eigenvalue weighted by atomic mass is 15.0. The molecule has 0 atom stereocenters. The van der Waals surface area contributed by atoms with Crippen LogP contribution in [0.2, 0.25) is 0 Å². The fourth-order valence-corrected chi connectivity index (χ4v) is 7.96. The van der Waals surface area contributed by atoms with Crippen molar-refractivity contribution >= 4 is 43.5 Å². The molecule has 0 saturated heterocycles. The highest BCUT2D eigenvalue weighted by Crippen LogP contribution is 2.51. The van der Waals surface area contributed by atoms with Crippen molar-refractivity contribution in [3.8, 4) is 62.1 Å². The van der Waals surface area contributed by atoms with Crippen LogP contribution < -0.4 is 0 Å². The Morgan fingerprint density at radius 1 is 0.392 bits per heavy atom. The summed E-state index contributed by atoms with van der Waals surface area (Å²) in [7, 11) is 0. The monoisotopic (exact) mass is 649 g/mol. The lowest BCUT2D eigenvalue weighted by atomic mass is 9.93. The highest BCUT2D eigenvalue weighted by molar-refractivity contribution is 6.33. The highest BCUT2D eigenvalue weighted by Gasteiger charge is 2.26. The number of nitrogens with zero attached hydrogens (tertiary/aromatic N) is 5. The van der Waals surface area contributed by atoms with Gasteiger partial charge in [0.2, 0.25) is 0 Å². The normalized spacial score (nSPS) is 11.9. The zero-order valence-corrected chi connectivity index (χ0v) is 27.3. The largest absolute Gasteiger partial charge is 0.307 e. The Kier molecular flexibility index (Phi) is 5.89. The topological polar surface area (TPSA) is 56.5 Å². The van der Waals surface area contributed by atoms with Gasteiger partial charge in [-0.25, -0.2) is 15.0 Å². The standard InChI is InChI=1S/C46H27N5/c1-3-11-29(12-4-1)44-48-45(30-13-5-2-6-14-30)50-46(49-44)31-20-23-33(24-21-31)51-38-25-22-28-15-9-19-36-34-17-7-8-18-35(34)37-27-32-16-10-26-47-42(32)43(51)40(37)41(38)39(28)36/h1-27H. The maximum Gasteiger partial charge on any atom is 0.164 e. The number of fused-ring (bicyclic) bond motifs is 5. The molecule has 3 aromatic heterocycles. The van der Waals surface area contributed by atoms with E-state index in [-0.39, 0.29) is 0 Å². The minimum atomic E-state index is 0.632. The van der Waals surface area contributed by atoms with E-state index in [1.54, 1.807) is 0 Å². The van der Waals surface area contributed by atoms with E-state index in [0.717, 1.165) is 44.3 Å². The van der Waals surface area contributed by atoms with Gasteiger partial charge in [0.25, 0.3) is 0 Å². The summed E-state index contributed by atoms with van der Waals surface area (Å²) in [5.74, 6) is 1.93. The van der Waals surface area contributed by atoms with Gasteiger partial charge in [0.05, 0.1) is 16.6 Å². The predicted octanol–water partition coefficient (Wildman–Crippen LogP) is 11.3. The van der Waals surface area contributed by atoms with Gasteiger partial charge in [-0.2, -0.15) is 0 Å². The van der Waals surface area contributed by atoms with Crippen molar-refractivity contribution in [1.82, 2.24) is 24.5 Å². The van der Waals surface area contributed by atoms with Crippen molar-refractivity contribution in [2.45, 2.75) is 0 Å². The number of hydrogen-bond acceptors (Lipinski definition) is 4. The van der Waals surface area contributed by atoms with Gasteiger partial charge in [-0.15, -0.1) is 0 Å². The lowest BCUT2D eigenvalue weighted by Gasteiger charge is -2.15. The van der Waals surface area contributed by atoms with Gasteiger partial charge >= 0.3 is 0 Å². The average Bonchev–Trinajstić information content (AvgIpc) is 3.51. The number of benzene rings is 7. The fourth-order valence-electron chi connectivity index (χ4n) is 7.96. The van der Waals surface area contributed by atoms with E-state index in [1.165, 1.54) is 43.8 Å². The van der Waals surface area contributed by atoms with Crippen molar-refractivity contribution in [1.29, 1.82) is 0 Å². The fraction of sp³-hybridized carbons (Fsp3) is 0. The minimum Gasteiger partial charge on any atom is -0.307 e. The molecule has 0 bridgehead atoms. The molecule has 0 N–H and O–H groups in total. The zero-order chi connectivity index (χ0) is 33.5. The van der Waals surface area contributed by atoms with Crippen LogP contribution in [0, 0.1) is 0 Å². The van der Waals surface area contributed by atoms with Crippen molar-refractivity contribution in [2.75, 3.05) is 0 Å². The number of rotatable bonds is 4. The summed E-state index contributed by atoms with van der Waals surface area (Å²) in [6.45, 7) is 0. The summed E-state index contributed by atoms with van der Waals surface area (Å²) in [6, 6.07) is 55.3. The van der Waals surface area contributed by atoms with Crippen molar-refractivity contribution in [3.05, 3.63) is 164 Å². The van der Waals surface area contributed by atoms with Crippen LogP contribution in [0.4, 0.5) is 0 Å². The number of pyridine rings is 1. The Labute approximate surface area is 293 Å². The third-order valence-electron chi connectivity index (χ3n) is 10.2. The van der Waals surface area contributed by atoms with Crippen LogP contribution in [0.15, 0.2) is 164 Å². The van der Waals surface area contributed by atoms with Gasteiger partial charge in [-0.3, -0.25) is 4.98 Å². The lowest BCUT2D eigenvalue weighted by molar-refractivity contribution is 1.07. The molecule has 0 saturated carbocycles. The van der Waals surface area contributed by atoms with Crippen LogP contribution in [-0.2, 0) is 0 Å². The summed E-state index contributed by atoms with van der Waals surface area (Å²) >= 11 is 0. The van der Waals surface area contributed by atoms with Crippen LogP contribution in [-0.4, -0.2) is 24.5 Å². The van der Waals surface area contributed by atoms with Crippen LogP contribution in [0.5, 0.6) is 0 Å². The van der Waals surface area contributed by atoms with Crippen molar-refractivity contribution in [3.63, 3.8) is 0 Å². The maximum absolute atomic E-state index is 5.01. The second kappa shape index (κ2) is 10.8. The molecule has 0 amide bonds. The summed E-state index contributed by atoms with van der Waals surface area (Å²) in [5.41, 5.74) is 12.1. The van der Waals surface area contributed by atoms with E-state index in [0.29, 0.717) is 17.5 Å². The molecular formula is C46H27N5. The maximum atomic E-state index is 5.01. The minimum absolute atomic E-state index is 0.632. The Hall–Kier alpha value is -6.98. The second-order valence-electron chi connectivity index (χ2n) is 13.1. The van der Waals surface area contributed by atoms with Gasteiger partial charge in [0, 0.05) is 44.7 Å². The Bertz CT molecular complexity index is 2940. The van der Waals surface area contributed by atoms with E-state index in [9.17, 15) is 0 Å². The Morgan fingerprint density at radius 2 is 0.980 bits per heavy atom. The molecule has 1 aliphatic carbocycles. The van der Waals surface area contributed by atoms with Crippen LogP contribution in [0.25, 0.3) is 106 Å². The molecule has 0 fully saturated rings. The third-order valence-corrected chi connectivity index (χ3v) is 10.2. The molecule has 7 aromatic carbocycles. The summed E-state index contributed by atoms with van der Waals surface area (Å²) in [6.07, 6.45) is 1.90. The van der Waals surface area contributed by atoms with E-state index in [1.807, 2.05) is 72.9 Å². The van der Waals surface area contributed by atoms with Crippen molar-refractivity contribution in [2.24, 2.45) is 0 Å². The first-order chi connectivity index (χ1) is 25.3. The first-order valence-corrected chi connectivity index (χ1v) is 17.2. The number of aromatic nitrogens is 5. The molecule has 10 aromatic rings. The first-order valence-electron chi connectivity index (χ1n) is 17.2. The van der Waals surface area contributed by atoms with E-state index >= 15 is 0 Å². The smallest absolute Gasteiger partial charge is 0.164 e. The van der Waals surface area contributed by atoms with Crippen LogP contribution in [0.1, 0.15) is 0 Å². The SMILES string of the molecule is c1ccc(-c2nc(-c3ccccc3)nc(-c3ccc(-n4c5ccc6cccc7c6c5c5c(cc6cccnc6c54)-c4ccccc4-7)cc3)n2)cc1. The molecule has 5 heteroatoms. The lowest BCUT2D eigenvalue weighted by Crippen LogP contribution is -2.00.